The van der Waals surface area contributed by atoms with Gasteiger partial charge in [-0.05, 0) is 37.1 Å². The quantitative estimate of drug-likeness (QED) is 0.696. The molecule has 3 rings (SSSR count). The zero-order valence-electron chi connectivity index (χ0n) is 14.2. The Morgan fingerprint density at radius 3 is 2.76 bits per heavy atom. The zero-order valence-corrected chi connectivity index (χ0v) is 15.0. The molecule has 0 aliphatic carbocycles. The molecule has 1 heterocycles. The number of hydrogen-bond donors (Lipinski definition) is 1. The van der Waals surface area contributed by atoms with Gasteiger partial charge in [-0.1, -0.05) is 29.8 Å². The first-order chi connectivity index (χ1) is 12.0. The lowest BCUT2D eigenvalue weighted by atomic mass is 10.1. The van der Waals surface area contributed by atoms with Gasteiger partial charge in [-0.25, -0.2) is 4.79 Å². The van der Waals surface area contributed by atoms with E-state index in [4.69, 9.17) is 4.42 Å². The highest BCUT2D eigenvalue weighted by Crippen LogP contribution is 2.21. The molecule has 0 unspecified atom stereocenters. The van der Waals surface area contributed by atoms with Crippen LogP contribution in [0.2, 0.25) is 0 Å². The molecule has 2 aromatic carbocycles. The van der Waals surface area contributed by atoms with Gasteiger partial charge in [0.2, 0.25) is 5.91 Å². The number of aryl methyl sites for hydroxylation is 2. The Hall–Kier alpha value is -2.53. The van der Waals surface area contributed by atoms with E-state index in [1.165, 1.54) is 17.2 Å². The van der Waals surface area contributed by atoms with E-state index in [-0.39, 0.29) is 11.5 Å². The van der Waals surface area contributed by atoms with Crippen molar-refractivity contribution < 1.29 is 9.21 Å². The summed E-state index contributed by atoms with van der Waals surface area (Å²) in [5.74, 6) is 1.08. The maximum Gasteiger partial charge on any atom is 0.336 e. The summed E-state index contributed by atoms with van der Waals surface area (Å²) in [7, 11) is 0. The van der Waals surface area contributed by atoms with Gasteiger partial charge in [-0.2, -0.15) is 0 Å². The van der Waals surface area contributed by atoms with Crippen molar-refractivity contribution >= 4 is 34.3 Å². The van der Waals surface area contributed by atoms with Gasteiger partial charge >= 0.3 is 5.63 Å². The number of carbonyl (C=O) groups is 1. The van der Waals surface area contributed by atoms with E-state index in [1.54, 1.807) is 17.8 Å². The number of hydrogen-bond acceptors (Lipinski definition) is 4. The van der Waals surface area contributed by atoms with Crippen molar-refractivity contribution in [2.24, 2.45) is 0 Å². The van der Waals surface area contributed by atoms with Crippen molar-refractivity contribution in [2.45, 2.75) is 19.6 Å². The molecule has 1 N–H and O–H groups in total. The van der Waals surface area contributed by atoms with E-state index < -0.39 is 0 Å². The average molecular weight is 353 g/mol. The van der Waals surface area contributed by atoms with Crippen molar-refractivity contribution in [1.29, 1.82) is 0 Å². The molecule has 0 atom stereocenters. The largest absolute Gasteiger partial charge is 0.423 e. The Labute approximate surface area is 150 Å². The average Bonchev–Trinajstić information content (AvgIpc) is 2.54. The maximum absolute atomic E-state index is 12.1. The van der Waals surface area contributed by atoms with Gasteiger partial charge in [0, 0.05) is 29.0 Å². The third-order valence-corrected chi connectivity index (χ3v) is 4.82. The zero-order chi connectivity index (χ0) is 17.8. The lowest BCUT2D eigenvalue weighted by Gasteiger charge is -2.07. The van der Waals surface area contributed by atoms with E-state index in [0.717, 1.165) is 16.7 Å². The van der Waals surface area contributed by atoms with Gasteiger partial charge in [-0.3, -0.25) is 4.79 Å². The number of thioether (sulfide) groups is 1. The van der Waals surface area contributed by atoms with Crippen LogP contribution in [0, 0.1) is 13.8 Å². The molecular formula is C20H19NO3S. The van der Waals surface area contributed by atoms with Crippen LogP contribution in [0.25, 0.3) is 11.0 Å². The third-order valence-electron chi connectivity index (χ3n) is 3.82. The minimum atomic E-state index is -0.387. The Morgan fingerprint density at radius 1 is 1.12 bits per heavy atom. The second-order valence-corrected chi connectivity index (χ2v) is 6.98. The monoisotopic (exact) mass is 353 g/mol. The van der Waals surface area contributed by atoms with Gasteiger partial charge < -0.3 is 9.73 Å². The Balaban J connectivity index is 1.61. The van der Waals surface area contributed by atoms with Crippen LogP contribution >= 0.6 is 11.8 Å². The number of anilines is 1. The second-order valence-electron chi connectivity index (χ2n) is 5.99. The molecule has 3 aromatic rings. The minimum absolute atomic E-state index is 0.0768. The SMILES string of the molecule is Cc1cccc(CSCC(=O)Nc2ccc3c(C)cc(=O)oc3c2)c1. The van der Waals surface area contributed by atoms with Crippen molar-refractivity contribution in [1.82, 2.24) is 0 Å². The van der Waals surface area contributed by atoms with Gasteiger partial charge in [0.25, 0.3) is 0 Å². The third kappa shape index (κ3) is 4.51. The normalized spacial score (nSPS) is 10.8. The molecule has 25 heavy (non-hydrogen) atoms. The predicted octanol–water partition coefficient (Wildman–Crippen LogP) is 4.28. The molecule has 0 spiro atoms. The lowest BCUT2D eigenvalue weighted by Crippen LogP contribution is -2.14. The van der Waals surface area contributed by atoms with E-state index >= 15 is 0 Å². The van der Waals surface area contributed by atoms with Crippen LogP contribution in [-0.2, 0) is 10.5 Å². The molecule has 1 aromatic heterocycles. The summed E-state index contributed by atoms with van der Waals surface area (Å²) in [6.07, 6.45) is 0. The van der Waals surface area contributed by atoms with Crippen LogP contribution in [0.1, 0.15) is 16.7 Å². The molecule has 128 valence electrons. The standard InChI is InChI=1S/C20H19NO3S/c1-13-4-3-5-15(8-13)11-25-12-19(22)21-16-6-7-17-14(2)9-20(23)24-18(17)10-16/h3-10H,11-12H2,1-2H3,(H,21,22). The van der Waals surface area contributed by atoms with E-state index in [0.29, 0.717) is 17.0 Å². The highest BCUT2D eigenvalue weighted by molar-refractivity contribution is 7.99. The highest BCUT2D eigenvalue weighted by atomic mass is 32.2. The summed E-state index contributed by atoms with van der Waals surface area (Å²) in [6.45, 7) is 3.92. The Morgan fingerprint density at radius 2 is 1.96 bits per heavy atom. The van der Waals surface area contributed by atoms with E-state index in [2.05, 4.69) is 30.4 Å². The number of benzene rings is 2. The van der Waals surface area contributed by atoms with Gasteiger partial charge in [0.15, 0.2) is 0 Å². The Bertz CT molecular complexity index is 978. The van der Waals surface area contributed by atoms with Crippen molar-refractivity contribution in [3.8, 4) is 0 Å². The fraction of sp³-hybridized carbons (Fsp3) is 0.200. The van der Waals surface area contributed by atoms with Crippen molar-refractivity contribution in [3.63, 3.8) is 0 Å². The summed E-state index contributed by atoms with van der Waals surface area (Å²) >= 11 is 1.57. The van der Waals surface area contributed by atoms with Gasteiger partial charge in [-0.15, -0.1) is 11.8 Å². The molecule has 0 aliphatic rings. The molecule has 1 amide bonds. The summed E-state index contributed by atoms with van der Waals surface area (Å²) in [4.78, 5) is 23.6. The first-order valence-corrected chi connectivity index (χ1v) is 9.14. The smallest absolute Gasteiger partial charge is 0.336 e. The van der Waals surface area contributed by atoms with E-state index in [9.17, 15) is 9.59 Å². The summed E-state index contributed by atoms with van der Waals surface area (Å²) < 4.78 is 5.20. The number of amides is 1. The van der Waals surface area contributed by atoms with Crippen LogP contribution in [0.15, 0.2) is 57.7 Å². The van der Waals surface area contributed by atoms with E-state index in [1.807, 2.05) is 25.1 Å². The number of nitrogens with one attached hydrogen (secondary N) is 1. The number of fused-ring (bicyclic) bond motifs is 1. The maximum atomic E-state index is 12.1. The van der Waals surface area contributed by atoms with Crippen LogP contribution < -0.4 is 10.9 Å². The van der Waals surface area contributed by atoms with Gasteiger partial charge in [0.1, 0.15) is 5.58 Å². The molecule has 0 saturated heterocycles. The topological polar surface area (TPSA) is 59.3 Å². The molecule has 5 heteroatoms. The first kappa shape index (κ1) is 17.3. The fourth-order valence-corrected chi connectivity index (χ4v) is 3.44. The van der Waals surface area contributed by atoms with Crippen LogP contribution in [-0.4, -0.2) is 11.7 Å². The first-order valence-electron chi connectivity index (χ1n) is 7.99. The lowest BCUT2D eigenvalue weighted by molar-refractivity contribution is -0.113. The van der Waals surface area contributed by atoms with Crippen LogP contribution in [0.5, 0.6) is 0 Å². The van der Waals surface area contributed by atoms with Crippen molar-refractivity contribution in [2.75, 3.05) is 11.1 Å². The van der Waals surface area contributed by atoms with Crippen LogP contribution in [0.3, 0.4) is 0 Å². The summed E-state index contributed by atoms with van der Waals surface area (Å²) in [5.41, 5.74) is 4.01. The molecule has 4 nitrogen and oxygen atoms in total. The van der Waals surface area contributed by atoms with Gasteiger partial charge in [0.05, 0.1) is 5.75 Å². The number of carbonyl (C=O) groups excluding carboxylic acids is 1. The molecule has 0 fully saturated rings. The molecular weight excluding hydrogens is 334 g/mol. The molecule has 0 bridgehead atoms. The second kappa shape index (κ2) is 7.57. The Kier molecular flexibility index (Phi) is 5.24. The summed E-state index contributed by atoms with van der Waals surface area (Å²) in [5, 5.41) is 3.72. The number of rotatable bonds is 5. The molecule has 0 saturated carbocycles. The molecule has 0 aliphatic heterocycles. The van der Waals surface area contributed by atoms with Crippen molar-refractivity contribution in [3.05, 3.63) is 75.6 Å². The van der Waals surface area contributed by atoms with Crippen LogP contribution in [0.4, 0.5) is 5.69 Å². The fourth-order valence-electron chi connectivity index (χ4n) is 2.66. The minimum Gasteiger partial charge on any atom is -0.423 e. The predicted molar refractivity (Wildman–Crippen MR) is 103 cm³/mol. The highest BCUT2D eigenvalue weighted by Gasteiger charge is 2.07. The molecule has 0 radical (unpaired) electrons. The summed E-state index contributed by atoms with van der Waals surface area (Å²) in [6, 6.07) is 15.1.